The summed E-state index contributed by atoms with van der Waals surface area (Å²) in [5.41, 5.74) is 2.23. The average Bonchev–Trinajstić information content (AvgIpc) is 3.52. The Balaban J connectivity index is 1.33. The van der Waals surface area contributed by atoms with Gasteiger partial charge in [-0.25, -0.2) is 4.79 Å². The molecule has 0 radical (unpaired) electrons. The molecule has 4 aromatic rings. The van der Waals surface area contributed by atoms with Crippen LogP contribution in [0.25, 0.3) is 10.9 Å². The maximum Gasteiger partial charge on any atom is 0.412 e. The summed E-state index contributed by atoms with van der Waals surface area (Å²) in [5.74, 6) is 1.22. The van der Waals surface area contributed by atoms with Crippen molar-refractivity contribution < 1.29 is 19.1 Å². The number of hydrogen-bond acceptors (Lipinski definition) is 6. The van der Waals surface area contributed by atoms with Crippen molar-refractivity contribution in [3.05, 3.63) is 96.4 Å². The van der Waals surface area contributed by atoms with E-state index in [1.165, 1.54) is 0 Å². The lowest BCUT2D eigenvalue weighted by atomic mass is 10.1. The van der Waals surface area contributed by atoms with Crippen molar-refractivity contribution in [2.75, 3.05) is 5.75 Å². The Labute approximate surface area is 226 Å². The Morgan fingerprint density at radius 1 is 1.05 bits per heavy atom. The number of fused-ring (bicyclic) bond motifs is 1. The predicted octanol–water partition coefficient (Wildman–Crippen LogP) is 6.24. The van der Waals surface area contributed by atoms with E-state index in [-0.39, 0.29) is 17.7 Å². The molecule has 2 aromatic heterocycles. The average molecular weight is 530 g/mol. The lowest BCUT2D eigenvalue weighted by Crippen LogP contribution is -2.46. The molecule has 0 spiro atoms. The zero-order valence-corrected chi connectivity index (χ0v) is 22.6. The van der Waals surface area contributed by atoms with Crippen LogP contribution in [0.2, 0.25) is 0 Å². The first-order chi connectivity index (χ1) is 18.3. The molecule has 2 unspecified atom stereocenters. The van der Waals surface area contributed by atoms with Crippen molar-refractivity contribution in [1.82, 2.24) is 14.5 Å². The summed E-state index contributed by atoms with van der Waals surface area (Å²) >= 11 is 1.55. The molecule has 8 heteroatoms. The maximum absolute atomic E-state index is 13.6. The van der Waals surface area contributed by atoms with Crippen molar-refractivity contribution >= 4 is 34.5 Å². The van der Waals surface area contributed by atoms with E-state index in [0.29, 0.717) is 12.4 Å². The van der Waals surface area contributed by atoms with Crippen LogP contribution in [-0.2, 0) is 22.7 Å². The first kappa shape index (κ1) is 25.9. The highest BCUT2D eigenvalue weighted by Gasteiger charge is 2.44. The second-order valence-corrected chi connectivity index (χ2v) is 11.4. The third-order valence-corrected chi connectivity index (χ3v) is 7.59. The van der Waals surface area contributed by atoms with E-state index < -0.39 is 17.7 Å². The highest BCUT2D eigenvalue weighted by molar-refractivity contribution is 7.99. The van der Waals surface area contributed by atoms with E-state index >= 15 is 0 Å². The van der Waals surface area contributed by atoms with Crippen LogP contribution in [0.1, 0.15) is 37.3 Å². The number of rotatable bonds is 7. The first-order valence-corrected chi connectivity index (χ1v) is 13.6. The van der Waals surface area contributed by atoms with E-state index in [4.69, 9.17) is 9.47 Å². The minimum absolute atomic E-state index is 0.0448. The minimum atomic E-state index is -0.672. The van der Waals surface area contributed by atoms with Gasteiger partial charge >= 0.3 is 6.09 Å². The number of pyridine rings is 1. The van der Waals surface area contributed by atoms with Crippen LogP contribution >= 0.6 is 11.8 Å². The number of carbonyl (C=O) groups excluding carboxylic acids is 2. The highest BCUT2D eigenvalue weighted by atomic mass is 32.2. The molecule has 7 nitrogen and oxygen atoms in total. The summed E-state index contributed by atoms with van der Waals surface area (Å²) in [5, 5.41) is 0.652. The van der Waals surface area contributed by atoms with E-state index in [2.05, 4.69) is 4.98 Å². The minimum Gasteiger partial charge on any atom is -0.489 e. The Kier molecular flexibility index (Phi) is 7.42. The van der Waals surface area contributed by atoms with Crippen molar-refractivity contribution in [3.63, 3.8) is 0 Å². The van der Waals surface area contributed by atoms with Gasteiger partial charge in [0.05, 0.1) is 6.54 Å². The molecule has 5 rings (SSSR count). The topological polar surface area (TPSA) is 73.7 Å². The zero-order valence-electron chi connectivity index (χ0n) is 21.7. The lowest BCUT2D eigenvalue weighted by molar-refractivity contribution is -0.124. The van der Waals surface area contributed by atoms with Gasteiger partial charge in [-0.05, 0) is 56.7 Å². The normalized spacial score (nSPS) is 17.5. The molecule has 3 heterocycles. The van der Waals surface area contributed by atoms with Crippen molar-refractivity contribution in [3.8, 4) is 5.75 Å². The summed E-state index contributed by atoms with van der Waals surface area (Å²) in [6.45, 7) is 6.12. The molecule has 2 aromatic carbocycles. The molecule has 2 atom stereocenters. The van der Waals surface area contributed by atoms with Gasteiger partial charge in [0.2, 0.25) is 0 Å². The van der Waals surface area contributed by atoms with Gasteiger partial charge in [0.1, 0.15) is 29.4 Å². The highest BCUT2D eigenvalue weighted by Crippen LogP contribution is 2.42. The van der Waals surface area contributed by atoms with E-state index in [1.54, 1.807) is 29.1 Å². The number of thioether (sulfide) groups is 1. The van der Waals surface area contributed by atoms with Crippen LogP contribution in [0.15, 0.2) is 85.3 Å². The number of ether oxygens (including phenoxy) is 2. The Hall–Kier alpha value is -3.78. The maximum atomic E-state index is 13.6. The number of benzene rings is 2. The summed E-state index contributed by atoms with van der Waals surface area (Å²) in [4.78, 5) is 32.7. The molecule has 0 saturated carbocycles. The van der Waals surface area contributed by atoms with Crippen LogP contribution in [0.4, 0.5) is 4.79 Å². The third kappa shape index (κ3) is 5.86. The number of aromatic nitrogens is 2. The SMILES string of the molecule is CC(C)(C)OC(=O)N1C(C(=O)Cn2ccc3cc(OCc4ccccc4)ccc32)CSC1c1cccnc1. The quantitative estimate of drug-likeness (QED) is 0.282. The smallest absolute Gasteiger partial charge is 0.412 e. The summed E-state index contributed by atoms with van der Waals surface area (Å²) in [6, 6.07) is 21.0. The molecule has 1 fully saturated rings. The Bertz CT molecular complexity index is 1420. The fourth-order valence-corrected chi connectivity index (χ4v) is 5.93. The molecular weight excluding hydrogens is 498 g/mol. The van der Waals surface area contributed by atoms with Crippen molar-refractivity contribution in [2.24, 2.45) is 0 Å². The van der Waals surface area contributed by atoms with Crippen molar-refractivity contribution in [2.45, 2.75) is 50.9 Å². The number of amides is 1. The van der Waals surface area contributed by atoms with Gasteiger partial charge in [0.15, 0.2) is 5.78 Å². The van der Waals surface area contributed by atoms with Crippen LogP contribution in [-0.4, -0.2) is 43.7 Å². The largest absolute Gasteiger partial charge is 0.489 e. The molecule has 38 heavy (non-hydrogen) atoms. The van der Waals surface area contributed by atoms with Crippen LogP contribution in [0.5, 0.6) is 5.75 Å². The standard InChI is InChI=1S/C30H31N3O4S/c1-30(2,3)37-29(35)33-26(20-38-28(33)23-10-7-14-31-17-23)27(34)18-32-15-13-22-16-24(11-12-25(22)32)36-19-21-8-5-4-6-9-21/h4-17,26,28H,18-20H2,1-3H3. The summed E-state index contributed by atoms with van der Waals surface area (Å²) in [6.07, 6.45) is 4.84. The fourth-order valence-electron chi connectivity index (χ4n) is 4.49. The van der Waals surface area contributed by atoms with Gasteiger partial charge in [-0.15, -0.1) is 11.8 Å². The molecular formula is C30H31N3O4S. The molecule has 1 aliphatic heterocycles. The third-order valence-electron chi connectivity index (χ3n) is 6.26. The van der Waals surface area contributed by atoms with E-state index in [1.807, 2.05) is 98.3 Å². The Morgan fingerprint density at radius 3 is 2.61 bits per heavy atom. The molecule has 0 N–H and O–H groups in total. The number of nitrogens with zero attached hydrogens (tertiary/aromatic N) is 3. The number of ketones is 1. The first-order valence-electron chi connectivity index (χ1n) is 12.6. The summed E-state index contributed by atoms with van der Waals surface area (Å²) < 4.78 is 13.6. The van der Waals surface area contributed by atoms with Crippen molar-refractivity contribution in [1.29, 1.82) is 0 Å². The molecule has 1 aliphatic rings. The second kappa shape index (κ2) is 10.9. The second-order valence-electron chi connectivity index (χ2n) is 10.3. The zero-order chi connectivity index (χ0) is 26.7. The van der Waals surface area contributed by atoms with Crippen LogP contribution < -0.4 is 4.74 Å². The van der Waals surface area contributed by atoms with Gasteiger partial charge in [-0.1, -0.05) is 36.4 Å². The summed E-state index contributed by atoms with van der Waals surface area (Å²) in [7, 11) is 0. The molecule has 0 aliphatic carbocycles. The monoisotopic (exact) mass is 529 g/mol. The van der Waals surface area contributed by atoms with Gasteiger partial charge in [0, 0.05) is 40.8 Å². The van der Waals surface area contributed by atoms with Gasteiger partial charge in [-0.3, -0.25) is 14.7 Å². The van der Waals surface area contributed by atoms with E-state index in [9.17, 15) is 9.59 Å². The van der Waals surface area contributed by atoms with Gasteiger partial charge in [0.25, 0.3) is 0 Å². The van der Waals surface area contributed by atoms with Crippen LogP contribution in [0.3, 0.4) is 0 Å². The number of hydrogen-bond donors (Lipinski definition) is 0. The molecule has 0 bridgehead atoms. The van der Waals surface area contributed by atoms with Crippen LogP contribution in [0, 0.1) is 0 Å². The molecule has 1 amide bonds. The predicted molar refractivity (Wildman–Crippen MR) is 149 cm³/mol. The number of carbonyl (C=O) groups is 2. The number of Topliss-reactive ketones (excluding diaryl/α,β-unsaturated/α-hetero) is 1. The van der Waals surface area contributed by atoms with E-state index in [0.717, 1.165) is 27.8 Å². The lowest BCUT2D eigenvalue weighted by Gasteiger charge is -2.31. The fraction of sp³-hybridized carbons (Fsp3) is 0.300. The molecule has 1 saturated heterocycles. The van der Waals surface area contributed by atoms with Gasteiger partial charge < -0.3 is 14.0 Å². The Morgan fingerprint density at radius 2 is 1.87 bits per heavy atom. The molecule has 196 valence electrons. The van der Waals surface area contributed by atoms with Gasteiger partial charge in [-0.2, -0.15) is 0 Å².